The second-order valence-electron chi connectivity index (χ2n) is 6.88. The van der Waals surface area contributed by atoms with Gasteiger partial charge in [-0.25, -0.2) is 0 Å². The molecule has 0 radical (unpaired) electrons. The minimum atomic E-state index is -1.32. The number of para-hydroxylation sites is 1. The number of aryl methyl sites for hydroxylation is 2. The van der Waals surface area contributed by atoms with Gasteiger partial charge in [-0.3, -0.25) is 4.79 Å². The highest BCUT2D eigenvalue weighted by molar-refractivity contribution is 6.32. The summed E-state index contributed by atoms with van der Waals surface area (Å²) in [6, 6.07) is 11.4. The summed E-state index contributed by atoms with van der Waals surface area (Å²) in [4.78, 5) is 15.0. The highest BCUT2D eigenvalue weighted by atomic mass is 35.5. The summed E-state index contributed by atoms with van der Waals surface area (Å²) in [5, 5.41) is 0.549. The van der Waals surface area contributed by atoms with Crippen molar-refractivity contribution in [2.24, 2.45) is 0 Å². The molecule has 1 spiro atoms. The molecule has 2 heterocycles. The van der Waals surface area contributed by atoms with E-state index in [0.717, 1.165) is 28.8 Å². The molecule has 0 unspecified atom stereocenters. The smallest absolute Gasteiger partial charge is 0.292 e. The largest absolute Gasteiger partial charge is 0.490 e. The highest BCUT2D eigenvalue weighted by Crippen LogP contribution is 2.47. The first kappa shape index (κ1) is 18.3. The Morgan fingerprint density at radius 2 is 1.93 bits per heavy atom. The van der Waals surface area contributed by atoms with Crippen molar-refractivity contribution in [1.29, 1.82) is 0 Å². The molecule has 142 valence electrons. The van der Waals surface area contributed by atoms with Crippen molar-refractivity contribution in [2.45, 2.75) is 26.1 Å². The Morgan fingerprint density at radius 3 is 2.67 bits per heavy atom. The van der Waals surface area contributed by atoms with Gasteiger partial charge in [0.05, 0.1) is 30.5 Å². The first-order chi connectivity index (χ1) is 13.0. The molecule has 2 aromatic carbocycles. The monoisotopic (exact) mass is 387 g/mol. The molecule has 0 saturated carbocycles. The van der Waals surface area contributed by atoms with Gasteiger partial charge in [-0.05, 0) is 44.0 Å². The summed E-state index contributed by atoms with van der Waals surface area (Å²) >= 11 is 6.14. The van der Waals surface area contributed by atoms with Crippen LogP contribution < -0.4 is 9.64 Å². The van der Waals surface area contributed by atoms with Crippen LogP contribution >= 0.6 is 11.6 Å². The standard InChI is InChI=1S/C21H22ClNO4/c1-14-12-15(2)19-16(13-14)21(26-9-5-10-27-21)20(24)23(19)8-11-25-18-7-4-3-6-17(18)22/h3-4,6-7,12-13H,5,8-11H2,1-2H3. The molecule has 5 nitrogen and oxygen atoms in total. The quantitative estimate of drug-likeness (QED) is 0.796. The second-order valence-corrected chi connectivity index (χ2v) is 7.29. The number of halogens is 1. The number of fused-ring (bicyclic) bond motifs is 2. The van der Waals surface area contributed by atoms with E-state index < -0.39 is 5.79 Å². The molecule has 6 heteroatoms. The maximum Gasteiger partial charge on any atom is 0.292 e. The van der Waals surface area contributed by atoms with Crippen LogP contribution in [-0.2, 0) is 20.1 Å². The Kier molecular flexibility index (Phi) is 4.84. The van der Waals surface area contributed by atoms with Crippen LogP contribution in [0.2, 0.25) is 5.02 Å². The Balaban J connectivity index is 1.62. The van der Waals surface area contributed by atoms with Crippen LogP contribution in [0.3, 0.4) is 0 Å². The maximum absolute atomic E-state index is 13.3. The molecule has 0 N–H and O–H groups in total. The molecule has 2 aliphatic rings. The van der Waals surface area contributed by atoms with Gasteiger partial charge in [0.15, 0.2) is 0 Å². The van der Waals surface area contributed by atoms with E-state index in [1.165, 1.54) is 0 Å². The molecule has 0 bridgehead atoms. The highest BCUT2D eigenvalue weighted by Gasteiger charge is 2.55. The van der Waals surface area contributed by atoms with Crippen molar-refractivity contribution < 1.29 is 19.0 Å². The van der Waals surface area contributed by atoms with E-state index in [2.05, 4.69) is 6.07 Å². The number of ether oxygens (including phenoxy) is 3. The average Bonchev–Trinajstić information content (AvgIpc) is 2.87. The van der Waals surface area contributed by atoms with Crippen LogP contribution in [0.4, 0.5) is 5.69 Å². The van der Waals surface area contributed by atoms with Crippen molar-refractivity contribution in [3.05, 3.63) is 58.1 Å². The fraction of sp³-hybridized carbons (Fsp3) is 0.381. The lowest BCUT2D eigenvalue weighted by molar-refractivity contribution is -0.256. The fourth-order valence-corrected chi connectivity index (χ4v) is 3.99. The average molecular weight is 388 g/mol. The summed E-state index contributed by atoms with van der Waals surface area (Å²) in [7, 11) is 0. The van der Waals surface area contributed by atoms with Crippen molar-refractivity contribution in [2.75, 3.05) is 31.3 Å². The summed E-state index contributed by atoms with van der Waals surface area (Å²) in [6.45, 7) is 5.72. The molecule has 0 aliphatic carbocycles. The van der Waals surface area contributed by atoms with E-state index in [0.29, 0.717) is 37.1 Å². The number of nitrogens with zero attached hydrogens (tertiary/aromatic N) is 1. The number of carbonyl (C=O) groups excluding carboxylic acids is 1. The predicted molar refractivity (Wildman–Crippen MR) is 103 cm³/mol. The Hall–Kier alpha value is -2.08. The Labute approximate surface area is 163 Å². The predicted octanol–water partition coefficient (Wildman–Crippen LogP) is 3.97. The van der Waals surface area contributed by atoms with Crippen molar-refractivity contribution >= 4 is 23.2 Å². The Bertz CT molecular complexity index is 876. The fourth-order valence-electron chi connectivity index (χ4n) is 3.80. The lowest BCUT2D eigenvalue weighted by atomic mass is 10.00. The molecule has 1 fully saturated rings. The Morgan fingerprint density at radius 1 is 1.19 bits per heavy atom. The minimum Gasteiger partial charge on any atom is -0.490 e. The SMILES string of the molecule is Cc1cc(C)c2c(c1)C1(OCCCO1)C(=O)N2CCOc1ccccc1Cl. The molecular formula is C21H22ClNO4. The molecule has 2 aromatic rings. The van der Waals surface area contributed by atoms with Crippen LogP contribution in [0.5, 0.6) is 5.75 Å². The number of amides is 1. The minimum absolute atomic E-state index is 0.186. The number of benzene rings is 2. The summed E-state index contributed by atoms with van der Waals surface area (Å²) < 4.78 is 17.6. The van der Waals surface area contributed by atoms with Gasteiger partial charge in [0, 0.05) is 5.56 Å². The van der Waals surface area contributed by atoms with Gasteiger partial charge in [-0.15, -0.1) is 0 Å². The van der Waals surface area contributed by atoms with Crippen molar-refractivity contribution in [3.8, 4) is 5.75 Å². The number of hydrogen-bond acceptors (Lipinski definition) is 4. The van der Waals surface area contributed by atoms with Gasteiger partial charge in [0.1, 0.15) is 12.4 Å². The third-order valence-electron chi connectivity index (χ3n) is 4.90. The second kappa shape index (κ2) is 7.15. The van der Waals surface area contributed by atoms with Crippen LogP contribution in [0.25, 0.3) is 0 Å². The van der Waals surface area contributed by atoms with Crippen LogP contribution in [0.15, 0.2) is 36.4 Å². The van der Waals surface area contributed by atoms with Gasteiger partial charge in [0.2, 0.25) is 0 Å². The number of rotatable bonds is 4. The first-order valence-corrected chi connectivity index (χ1v) is 9.49. The van der Waals surface area contributed by atoms with Gasteiger partial charge < -0.3 is 19.1 Å². The number of anilines is 1. The van der Waals surface area contributed by atoms with Gasteiger partial charge >= 0.3 is 0 Å². The molecule has 1 amide bonds. The van der Waals surface area contributed by atoms with Crippen molar-refractivity contribution in [3.63, 3.8) is 0 Å². The molecule has 0 aromatic heterocycles. The molecule has 0 atom stereocenters. The third-order valence-corrected chi connectivity index (χ3v) is 5.22. The molecule has 4 rings (SSSR count). The molecular weight excluding hydrogens is 366 g/mol. The van der Waals surface area contributed by atoms with Crippen LogP contribution in [-0.4, -0.2) is 32.3 Å². The zero-order valence-corrected chi connectivity index (χ0v) is 16.2. The molecule has 2 aliphatic heterocycles. The van der Waals surface area contributed by atoms with Crippen LogP contribution in [0.1, 0.15) is 23.1 Å². The third kappa shape index (κ3) is 3.10. The molecule has 27 heavy (non-hydrogen) atoms. The zero-order chi connectivity index (χ0) is 19.0. The van der Waals surface area contributed by atoms with E-state index in [9.17, 15) is 4.79 Å². The lowest BCUT2D eigenvalue weighted by Crippen LogP contribution is -2.48. The lowest BCUT2D eigenvalue weighted by Gasteiger charge is -2.32. The molecule has 1 saturated heterocycles. The summed E-state index contributed by atoms with van der Waals surface area (Å²) in [6.07, 6.45) is 0.783. The summed E-state index contributed by atoms with van der Waals surface area (Å²) in [5.41, 5.74) is 3.74. The zero-order valence-electron chi connectivity index (χ0n) is 15.5. The van der Waals surface area contributed by atoms with E-state index in [-0.39, 0.29) is 5.91 Å². The van der Waals surface area contributed by atoms with E-state index in [1.54, 1.807) is 11.0 Å². The first-order valence-electron chi connectivity index (χ1n) is 9.12. The number of hydrogen-bond donors (Lipinski definition) is 0. The van der Waals surface area contributed by atoms with E-state index in [1.807, 2.05) is 38.1 Å². The van der Waals surface area contributed by atoms with E-state index >= 15 is 0 Å². The summed E-state index contributed by atoms with van der Waals surface area (Å²) in [5.74, 6) is -0.908. The van der Waals surface area contributed by atoms with E-state index in [4.69, 9.17) is 25.8 Å². The maximum atomic E-state index is 13.3. The number of carbonyl (C=O) groups is 1. The van der Waals surface area contributed by atoms with Gasteiger partial charge in [-0.2, -0.15) is 0 Å². The van der Waals surface area contributed by atoms with Gasteiger partial charge in [-0.1, -0.05) is 35.4 Å². The van der Waals surface area contributed by atoms with Gasteiger partial charge in [0.25, 0.3) is 11.7 Å². The van der Waals surface area contributed by atoms with Crippen molar-refractivity contribution in [1.82, 2.24) is 0 Å². The normalized spacial score (nSPS) is 18.0. The van der Waals surface area contributed by atoms with Crippen LogP contribution in [0, 0.1) is 13.8 Å². The topological polar surface area (TPSA) is 48.0 Å².